The molecule has 0 aliphatic heterocycles. The number of carbonyl (C=O) groups is 2. The van der Waals surface area contributed by atoms with Crippen LogP contribution < -0.4 is 11.1 Å². The van der Waals surface area contributed by atoms with Crippen LogP contribution in [0.5, 0.6) is 0 Å². The molecule has 0 spiro atoms. The molecule has 1 amide bonds. The number of hydrogen-bond donors (Lipinski definition) is 7. The largest absolute Gasteiger partial charge is 0.394 e. The van der Waals surface area contributed by atoms with E-state index in [9.17, 15) is 24.9 Å². The van der Waals surface area contributed by atoms with Gasteiger partial charge in [-0.3, -0.25) is 15.3 Å². The first-order valence-corrected chi connectivity index (χ1v) is 4.57. The standard InChI is InChI=1S/C8H16N2O7/c1-4(13)10-7(16,3-12)6(15)8(9,17)5(14)2-11/h3,5-6,11,14-17H,2,9H2,1H3,(H,10,13)/t5-,6-,7+,8-/m1/s1. The van der Waals surface area contributed by atoms with Crippen LogP contribution in [0.2, 0.25) is 0 Å². The average Bonchev–Trinajstić information content (AvgIpc) is 2.25. The molecule has 0 heterocycles. The van der Waals surface area contributed by atoms with E-state index in [4.69, 9.17) is 15.9 Å². The number of carbonyl (C=O) groups excluding carboxylic acids is 2. The second-order valence-corrected chi connectivity index (χ2v) is 3.61. The summed E-state index contributed by atoms with van der Waals surface area (Å²) in [6, 6.07) is 0. The van der Waals surface area contributed by atoms with E-state index >= 15 is 0 Å². The summed E-state index contributed by atoms with van der Waals surface area (Å²) in [6.45, 7) is -0.0850. The van der Waals surface area contributed by atoms with Crippen LogP contribution in [0.1, 0.15) is 6.92 Å². The van der Waals surface area contributed by atoms with Gasteiger partial charge < -0.3 is 30.8 Å². The summed E-state index contributed by atoms with van der Waals surface area (Å²) in [5, 5.41) is 47.9. The van der Waals surface area contributed by atoms with Crippen molar-refractivity contribution in [3.05, 3.63) is 0 Å². The molecule has 0 aromatic carbocycles. The quantitative estimate of drug-likeness (QED) is 0.182. The molecule has 4 atom stereocenters. The monoisotopic (exact) mass is 252 g/mol. The average molecular weight is 252 g/mol. The molecule has 0 aliphatic carbocycles. The van der Waals surface area contributed by atoms with Crippen molar-refractivity contribution in [3.8, 4) is 0 Å². The van der Waals surface area contributed by atoms with Gasteiger partial charge in [-0.25, -0.2) is 0 Å². The number of hydrogen-bond acceptors (Lipinski definition) is 8. The van der Waals surface area contributed by atoms with E-state index in [2.05, 4.69) is 0 Å². The Morgan fingerprint density at radius 2 is 1.94 bits per heavy atom. The third-order valence-corrected chi connectivity index (χ3v) is 2.12. The number of nitrogens with one attached hydrogen (secondary N) is 1. The number of amides is 1. The predicted octanol–water partition coefficient (Wildman–Crippen LogP) is -4.63. The smallest absolute Gasteiger partial charge is 0.226 e. The van der Waals surface area contributed by atoms with Gasteiger partial charge in [-0.2, -0.15) is 0 Å². The zero-order valence-corrected chi connectivity index (χ0v) is 9.07. The number of nitrogens with two attached hydrogens (primary N) is 1. The van der Waals surface area contributed by atoms with Crippen LogP contribution in [0.15, 0.2) is 0 Å². The predicted molar refractivity (Wildman–Crippen MR) is 53.1 cm³/mol. The molecule has 0 unspecified atom stereocenters. The SMILES string of the molecule is CC(=O)N[C@](O)(C=O)[C@@H](O)[C@](N)(O)[C@H](O)CO. The maximum Gasteiger partial charge on any atom is 0.226 e. The highest BCUT2D eigenvalue weighted by atomic mass is 16.4. The Morgan fingerprint density at radius 1 is 1.47 bits per heavy atom. The highest BCUT2D eigenvalue weighted by Gasteiger charge is 2.51. The molecule has 9 heteroatoms. The topological polar surface area (TPSA) is 173 Å². The van der Waals surface area contributed by atoms with Crippen molar-refractivity contribution in [2.45, 2.75) is 30.6 Å². The van der Waals surface area contributed by atoms with Crippen LogP contribution >= 0.6 is 0 Å². The zero-order valence-electron chi connectivity index (χ0n) is 9.07. The van der Waals surface area contributed by atoms with Gasteiger partial charge in [0.1, 0.15) is 6.10 Å². The van der Waals surface area contributed by atoms with E-state index in [0.29, 0.717) is 0 Å². The minimum Gasteiger partial charge on any atom is -0.394 e. The van der Waals surface area contributed by atoms with E-state index in [0.717, 1.165) is 6.92 Å². The van der Waals surface area contributed by atoms with E-state index in [1.807, 2.05) is 0 Å². The number of aldehydes is 1. The Balaban J connectivity index is 5.15. The Labute approximate surface area is 96.5 Å². The molecule has 100 valence electrons. The van der Waals surface area contributed by atoms with Crippen molar-refractivity contribution in [3.63, 3.8) is 0 Å². The van der Waals surface area contributed by atoms with Crippen molar-refractivity contribution in [1.29, 1.82) is 0 Å². The van der Waals surface area contributed by atoms with Crippen molar-refractivity contribution >= 4 is 12.2 Å². The van der Waals surface area contributed by atoms with Crippen molar-refractivity contribution < 1.29 is 35.1 Å². The van der Waals surface area contributed by atoms with E-state index in [1.165, 1.54) is 0 Å². The molecule has 0 saturated carbocycles. The van der Waals surface area contributed by atoms with Gasteiger partial charge >= 0.3 is 0 Å². The van der Waals surface area contributed by atoms with Crippen LogP contribution in [0.25, 0.3) is 0 Å². The maximum atomic E-state index is 10.7. The third kappa shape index (κ3) is 3.43. The highest BCUT2D eigenvalue weighted by Crippen LogP contribution is 2.17. The maximum absolute atomic E-state index is 10.7. The summed E-state index contributed by atoms with van der Waals surface area (Å²) in [5.41, 5.74) is -0.702. The first-order valence-electron chi connectivity index (χ1n) is 4.57. The molecular weight excluding hydrogens is 236 g/mol. The zero-order chi connectivity index (χ0) is 13.9. The molecule has 0 aliphatic rings. The van der Waals surface area contributed by atoms with Gasteiger partial charge in [0.05, 0.1) is 6.61 Å². The Morgan fingerprint density at radius 3 is 2.24 bits per heavy atom. The second-order valence-electron chi connectivity index (χ2n) is 3.61. The Kier molecular flexibility index (Phi) is 5.13. The first-order chi connectivity index (χ1) is 7.61. The number of aliphatic hydroxyl groups excluding tert-OH is 3. The summed E-state index contributed by atoms with van der Waals surface area (Å²) < 4.78 is 0. The van der Waals surface area contributed by atoms with E-state index < -0.39 is 36.2 Å². The van der Waals surface area contributed by atoms with E-state index in [-0.39, 0.29) is 6.29 Å². The third-order valence-electron chi connectivity index (χ3n) is 2.12. The second kappa shape index (κ2) is 5.49. The van der Waals surface area contributed by atoms with Crippen molar-refractivity contribution in [2.24, 2.45) is 5.73 Å². The van der Waals surface area contributed by atoms with Gasteiger partial charge in [-0.05, 0) is 0 Å². The molecule has 17 heavy (non-hydrogen) atoms. The fourth-order valence-electron chi connectivity index (χ4n) is 1.13. The molecule has 8 N–H and O–H groups in total. The van der Waals surface area contributed by atoms with Gasteiger partial charge in [0.2, 0.25) is 11.6 Å². The lowest BCUT2D eigenvalue weighted by atomic mass is 9.93. The summed E-state index contributed by atoms with van der Waals surface area (Å²) in [5.74, 6) is -0.882. The van der Waals surface area contributed by atoms with Crippen molar-refractivity contribution in [1.82, 2.24) is 5.32 Å². The molecule has 0 saturated heterocycles. The van der Waals surface area contributed by atoms with Crippen molar-refractivity contribution in [2.75, 3.05) is 6.61 Å². The normalized spacial score (nSPS) is 21.8. The molecule has 0 rings (SSSR count). The summed E-state index contributed by atoms with van der Waals surface area (Å²) in [6.07, 6.45) is -4.74. The molecule has 0 radical (unpaired) electrons. The summed E-state index contributed by atoms with van der Waals surface area (Å²) >= 11 is 0. The lowest BCUT2D eigenvalue weighted by Crippen LogP contribution is -2.72. The lowest BCUT2D eigenvalue weighted by molar-refractivity contribution is -0.214. The van der Waals surface area contributed by atoms with E-state index in [1.54, 1.807) is 5.32 Å². The summed E-state index contributed by atoms with van der Waals surface area (Å²) in [7, 11) is 0. The number of rotatable bonds is 6. The molecule has 0 bridgehead atoms. The molecule has 0 aromatic heterocycles. The minimum atomic E-state index is -2.90. The lowest BCUT2D eigenvalue weighted by Gasteiger charge is -2.39. The highest BCUT2D eigenvalue weighted by molar-refractivity contribution is 5.79. The van der Waals surface area contributed by atoms with Gasteiger partial charge in [0, 0.05) is 6.92 Å². The Hall–Kier alpha value is -1.10. The number of aliphatic hydroxyl groups is 5. The molecule has 0 fully saturated rings. The van der Waals surface area contributed by atoms with Crippen LogP contribution in [-0.2, 0) is 9.59 Å². The Bertz CT molecular complexity index is 296. The summed E-state index contributed by atoms with van der Waals surface area (Å²) in [4.78, 5) is 21.3. The molecular formula is C8H16N2O7. The minimum absolute atomic E-state index is 0.263. The fraction of sp³-hybridized carbons (Fsp3) is 0.750. The van der Waals surface area contributed by atoms with Gasteiger partial charge in [0.25, 0.3) is 0 Å². The van der Waals surface area contributed by atoms with Crippen LogP contribution in [-0.4, -0.2) is 68.0 Å². The molecule has 9 nitrogen and oxygen atoms in total. The van der Waals surface area contributed by atoms with Crippen LogP contribution in [0, 0.1) is 0 Å². The van der Waals surface area contributed by atoms with Gasteiger partial charge in [-0.15, -0.1) is 0 Å². The first kappa shape index (κ1) is 15.9. The fourth-order valence-corrected chi connectivity index (χ4v) is 1.13. The van der Waals surface area contributed by atoms with Gasteiger partial charge in [0.15, 0.2) is 18.1 Å². The van der Waals surface area contributed by atoms with Crippen LogP contribution in [0.3, 0.4) is 0 Å². The van der Waals surface area contributed by atoms with Crippen LogP contribution in [0.4, 0.5) is 0 Å². The molecule has 0 aromatic rings. The van der Waals surface area contributed by atoms with Gasteiger partial charge in [-0.1, -0.05) is 0 Å².